The van der Waals surface area contributed by atoms with E-state index in [2.05, 4.69) is 25.1 Å². The predicted octanol–water partition coefficient (Wildman–Crippen LogP) is 4.59. The zero-order valence-corrected chi connectivity index (χ0v) is 22.4. The Hall–Kier alpha value is -3.37. The van der Waals surface area contributed by atoms with Gasteiger partial charge in [-0.2, -0.15) is 15.1 Å². The molecule has 0 amide bonds. The van der Waals surface area contributed by atoms with E-state index in [9.17, 15) is 5.11 Å². The van der Waals surface area contributed by atoms with Crippen molar-refractivity contribution >= 4 is 27.6 Å². The minimum Gasteiger partial charge on any atom is -0.467 e. The van der Waals surface area contributed by atoms with Gasteiger partial charge in [0.2, 0.25) is 0 Å². The largest absolute Gasteiger partial charge is 0.467 e. The molecule has 5 rings (SSSR count). The van der Waals surface area contributed by atoms with Crippen LogP contribution in [0, 0.1) is 18.7 Å². The van der Waals surface area contributed by atoms with Gasteiger partial charge >= 0.3 is 6.01 Å². The number of nitrogens with one attached hydrogen (secondary N) is 1. The average molecular weight is 523 g/mol. The van der Waals surface area contributed by atoms with E-state index in [0.717, 1.165) is 54.3 Å². The summed E-state index contributed by atoms with van der Waals surface area (Å²) in [5, 5.41) is 18.1. The Labute approximate surface area is 221 Å². The van der Waals surface area contributed by atoms with Crippen molar-refractivity contribution in [3.05, 3.63) is 35.4 Å². The van der Waals surface area contributed by atoms with E-state index in [1.54, 1.807) is 12.4 Å². The maximum absolute atomic E-state index is 16.4. The molecule has 3 heterocycles. The number of aliphatic hydroxyl groups excluding tert-OH is 1. The molecule has 10 heteroatoms. The summed E-state index contributed by atoms with van der Waals surface area (Å²) < 4.78 is 27.4. The summed E-state index contributed by atoms with van der Waals surface area (Å²) in [6.45, 7) is 5.83. The minimum atomic E-state index is -0.521. The third-order valence-corrected chi connectivity index (χ3v) is 7.52. The van der Waals surface area contributed by atoms with Crippen LogP contribution in [0.2, 0.25) is 0 Å². The van der Waals surface area contributed by atoms with Crippen LogP contribution < -0.4 is 9.64 Å². The van der Waals surface area contributed by atoms with Crippen molar-refractivity contribution in [1.82, 2.24) is 25.1 Å². The van der Waals surface area contributed by atoms with Crippen molar-refractivity contribution in [3.8, 4) is 17.3 Å². The first-order valence-electron chi connectivity index (χ1n) is 13.2. The van der Waals surface area contributed by atoms with Gasteiger partial charge in [-0.3, -0.25) is 10.1 Å². The van der Waals surface area contributed by atoms with Crippen LogP contribution in [0.25, 0.3) is 33.1 Å². The fourth-order valence-electron chi connectivity index (χ4n) is 5.42. The second-order valence-corrected chi connectivity index (χ2v) is 10.1. The highest BCUT2D eigenvalue weighted by Gasteiger charge is 2.27. The number of hydrogen-bond donors (Lipinski definition) is 2. The van der Waals surface area contributed by atoms with E-state index in [4.69, 9.17) is 9.47 Å². The Morgan fingerprint density at radius 2 is 2.03 bits per heavy atom. The molecule has 0 bridgehead atoms. The monoisotopic (exact) mass is 522 g/mol. The summed E-state index contributed by atoms with van der Waals surface area (Å²) in [6, 6.07) is 2.13. The minimum absolute atomic E-state index is 0.104. The predicted molar refractivity (Wildman–Crippen MR) is 145 cm³/mol. The number of methoxy groups -OCH3 is 1. The lowest BCUT2D eigenvalue weighted by atomic mass is 9.79. The second-order valence-electron chi connectivity index (χ2n) is 10.1. The van der Waals surface area contributed by atoms with Crippen LogP contribution in [0.1, 0.15) is 43.7 Å². The third-order valence-electron chi connectivity index (χ3n) is 7.52. The van der Waals surface area contributed by atoms with E-state index in [-0.39, 0.29) is 23.3 Å². The third kappa shape index (κ3) is 5.02. The molecule has 1 aromatic carbocycles. The van der Waals surface area contributed by atoms with Crippen LogP contribution in [-0.4, -0.2) is 70.3 Å². The van der Waals surface area contributed by atoms with Gasteiger partial charge in [0.15, 0.2) is 5.82 Å². The molecule has 1 aliphatic rings. The van der Waals surface area contributed by atoms with Crippen LogP contribution in [0.15, 0.2) is 18.5 Å². The number of fused-ring (bicyclic) bond motifs is 2. The number of rotatable bonds is 11. The first-order valence-corrected chi connectivity index (χ1v) is 13.2. The SMILES string of the molecule is CCOCCc1c(C)cc2[nH]ncc2c1-c1ncc2c(N(C)CCCC3CC(O)C3)nc(OC)nc2c1F. The van der Waals surface area contributed by atoms with Crippen LogP contribution in [0.4, 0.5) is 10.2 Å². The number of ether oxygens (including phenoxy) is 2. The summed E-state index contributed by atoms with van der Waals surface area (Å²) in [7, 11) is 3.41. The average Bonchev–Trinajstić information content (AvgIpc) is 3.36. The summed E-state index contributed by atoms with van der Waals surface area (Å²) in [6.07, 6.45) is 7.57. The van der Waals surface area contributed by atoms with Gasteiger partial charge in [-0.15, -0.1) is 0 Å². The van der Waals surface area contributed by atoms with E-state index in [1.807, 2.05) is 31.9 Å². The molecule has 0 spiro atoms. The summed E-state index contributed by atoms with van der Waals surface area (Å²) in [4.78, 5) is 15.6. The van der Waals surface area contributed by atoms with Crippen molar-refractivity contribution in [2.24, 2.45) is 5.92 Å². The molecule has 1 aliphatic carbocycles. The summed E-state index contributed by atoms with van der Waals surface area (Å²) in [5.41, 5.74) is 3.88. The fourth-order valence-corrected chi connectivity index (χ4v) is 5.42. The summed E-state index contributed by atoms with van der Waals surface area (Å²) >= 11 is 0. The standard InChI is InChI=1S/C28H35FN6O3/c1-5-38-10-8-19-16(2)11-22-20(15-31-34-22)23(19)26-24(29)25-21(14-30-26)27(33-28(32-25)37-4)35(3)9-6-7-17-12-18(36)13-17/h11,14-15,17-18,36H,5-10,12-13H2,1-4H3,(H,31,34). The number of H-pyrrole nitrogens is 1. The lowest BCUT2D eigenvalue weighted by Gasteiger charge is -2.32. The quantitative estimate of drug-likeness (QED) is 0.275. The van der Waals surface area contributed by atoms with Crippen molar-refractivity contribution in [2.75, 3.05) is 38.8 Å². The number of pyridine rings is 1. The van der Waals surface area contributed by atoms with Gasteiger partial charge in [0, 0.05) is 37.3 Å². The smallest absolute Gasteiger partial charge is 0.318 e. The first kappa shape index (κ1) is 26.2. The number of aromatic nitrogens is 5. The fraction of sp³-hybridized carbons (Fsp3) is 0.500. The van der Waals surface area contributed by atoms with Crippen molar-refractivity contribution < 1.29 is 19.0 Å². The molecule has 0 saturated heterocycles. The molecule has 2 N–H and O–H groups in total. The molecule has 4 aromatic rings. The maximum atomic E-state index is 16.4. The lowest BCUT2D eigenvalue weighted by molar-refractivity contribution is 0.0386. The molecular weight excluding hydrogens is 487 g/mol. The highest BCUT2D eigenvalue weighted by atomic mass is 19.1. The van der Waals surface area contributed by atoms with E-state index < -0.39 is 5.82 Å². The Morgan fingerprint density at radius 3 is 2.76 bits per heavy atom. The number of aromatic amines is 1. The molecule has 1 saturated carbocycles. The molecule has 38 heavy (non-hydrogen) atoms. The zero-order valence-electron chi connectivity index (χ0n) is 22.4. The Kier molecular flexibility index (Phi) is 7.71. The molecule has 1 fully saturated rings. The number of anilines is 1. The van der Waals surface area contributed by atoms with Crippen LogP contribution in [0.5, 0.6) is 6.01 Å². The number of nitrogens with zero attached hydrogens (tertiary/aromatic N) is 5. The van der Waals surface area contributed by atoms with E-state index in [1.165, 1.54) is 7.11 Å². The number of hydrogen-bond acceptors (Lipinski definition) is 8. The highest BCUT2D eigenvalue weighted by Crippen LogP contribution is 2.38. The van der Waals surface area contributed by atoms with Gasteiger partial charge in [0.25, 0.3) is 0 Å². The van der Waals surface area contributed by atoms with Crippen molar-refractivity contribution in [3.63, 3.8) is 0 Å². The van der Waals surface area contributed by atoms with Crippen LogP contribution in [-0.2, 0) is 11.2 Å². The van der Waals surface area contributed by atoms with Gasteiger partial charge in [-0.25, -0.2) is 4.39 Å². The van der Waals surface area contributed by atoms with Crippen molar-refractivity contribution in [1.29, 1.82) is 0 Å². The Morgan fingerprint density at radius 1 is 1.21 bits per heavy atom. The number of halogens is 1. The van der Waals surface area contributed by atoms with Gasteiger partial charge in [0.05, 0.1) is 36.9 Å². The molecule has 9 nitrogen and oxygen atoms in total. The summed E-state index contributed by atoms with van der Waals surface area (Å²) in [5.74, 6) is 0.627. The number of benzene rings is 1. The normalized spacial score (nSPS) is 17.2. The van der Waals surface area contributed by atoms with E-state index in [0.29, 0.717) is 42.3 Å². The molecule has 3 aromatic heterocycles. The molecule has 0 atom stereocenters. The molecule has 202 valence electrons. The maximum Gasteiger partial charge on any atom is 0.318 e. The molecular formula is C28H35FN6O3. The molecule has 0 unspecified atom stereocenters. The van der Waals surface area contributed by atoms with Gasteiger partial charge < -0.3 is 19.5 Å². The Balaban J connectivity index is 1.56. The number of aliphatic hydroxyl groups is 1. The first-order chi connectivity index (χ1) is 18.4. The molecule has 0 aliphatic heterocycles. The lowest BCUT2D eigenvalue weighted by Crippen LogP contribution is -2.29. The van der Waals surface area contributed by atoms with Gasteiger partial charge in [0.1, 0.15) is 17.0 Å². The van der Waals surface area contributed by atoms with Crippen molar-refractivity contribution in [2.45, 2.75) is 52.1 Å². The van der Waals surface area contributed by atoms with Crippen LogP contribution in [0.3, 0.4) is 0 Å². The number of aryl methyl sites for hydroxylation is 1. The topological polar surface area (TPSA) is 109 Å². The molecule has 0 radical (unpaired) electrons. The van der Waals surface area contributed by atoms with Gasteiger partial charge in [-0.1, -0.05) is 0 Å². The highest BCUT2D eigenvalue weighted by molar-refractivity contribution is 5.99. The second kappa shape index (κ2) is 11.2. The Bertz CT molecular complexity index is 1440. The van der Waals surface area contributed by atoms with E-state index >= 15 is 4.39 Å². The van der Waals surface area contributed by atoms with Crippen LogP contribution >= 0.6 is 0 Å². The zero-order chi connectivity index (χ0) is 26.8. The van der Waals surface area contributed by atoms with Gasteiger partial charge in [-0.05, 0) is 69.1 Å².